The minimum atomic E-state index is -2.48. The van der Waals surface area contributed by atoms with Crippen LogP contribution in [0.5, 0.6) is 0 Å². The molecule has 1 aliphatic heterocycles. The van der Waals surface area contributed by atoms with Crippen molar-refractivity contribution < 1.29 is 44.6 Å². The molecule has 0 radical (unpaired) electrons. The maximum absolute atomic E-state index is 13.3. The summed E-state index contributed by atoms with van der Waals surface area (Å²) < 4.78 is 11.7. The van der Waals surface area contributed by atoms with Crippen LogP contribution in [0.1, 0.15) is 85.5 Å². The number of Topliss-reactive ketones (excluding diaryl/α,β-unsaturated/α-hetero) is 1. The number of aliphatic hydroxyl groups is 5. The highest BCUT2D eigenvalue weighted by molar-refractivity contribution is 6.05. The van der Waals surface area contributed by atoms with Gasteiger partial charge in [0.05, 0.1) is 18.1 Å². The lowest BCUT2D eigenvalue weighted by atomic mass is 9.54. The Morgan fingerprint density at radius 2 is 1.79 bits per heavy atom. The molecule has 0 unspecified atom stereocenters. The van der Waals surface area contributed by atoms with Crippen molar-refractivity contribution in [1.29, 1.82) is 0 Å². The second-order valence-electron chi connectivity index (χ2n) is 13.3. The number of carbonyl (C=O) groups is 2. The zero-order valence-electron chi connectivity index (χ0n) is 26.0. The average Bonchev–Trinajstić information content (AvgIpc) is 3.65. The normalized spacial score (nSPS) is 41.9. The fourth-order valence-electron chi connectivity index (χ4n) is 7.89. The molecule has 240 valence electrons. The molecular formula is C34H50O9. The number of ether oxygens (including phenoxy) is 2. The summed E-state index contributed by atoms with van der Waals surface area (Å²) in [7, 11) is 0. The van der Waals surface area contributed by atoms with Crippen LogP contribution in [-0.2, 0) is 19.1 Å². The number of esters is 1. The molecule has 4 aliphatic rings. The summed E-state index contributed by atoms with van der Waals surface area (Å²) >= 11 is 0. The van der Waals surface area contributed by atoms with Crippen LogP contribution < -0.4 is 0 Å². The first-order valence-electron chi connectivity index (χ1n) is 15.8. The predicted octanol–water partition coefficient (Wildman–Crippen LogP) is 3.23. The third-order valence-electron chi connectivity index (χ3n) is 10.5. The summed E-state index contributed by atoms with van der Waals surface area (Å²) in [6, 6.07) is 0. The lowest BCUT2D eigenvalue weighted by Gasteiger charge is -2.57. The van der Waals surface area contributed by atoms with Gasteiger partial charge in [0.25, 0.3) is 0 Å². The number of allylic oxidation sites excluding steroid dienone is 3. The molecule has 2 saturated carbocycles. The van der Waals surface area contributed by atoms with Crippen molar-refractivity contribution in [1.82, 2.24) is 0 Å². The molecule has 43 heavy (non-hydrogen) atoms. The van der Waals surface area contributed by atoms with E-state index in [-0.39, 0.29) is 12.0 Å². The fourth-order valence-corrected chi connectivity index (χ4v) is 7.89. The molecule has 0 spiro atoms. The van der Waals surface area contributed by atoms with Gasteiger partial charge < -0.3 is 35.0 Å². The Hall–Kier alpha value is -2.14. The highest BCUT2D eigenvalue weighted by Crippen LogP contribution is 2.65. The number of carbonyl (C=O) groups excluding carboxylic acids is 2. The molecule has 9 nitrogen and oxygen atoms in total. The number of hydrogen-bond donors (Lipinski definition) is 5. The smallest absolute Gasteiger partial charge is 0.331 e. The van der Waals surface area contributed by atoms with Gasteiger partial charge in [0.2, 0.25) is 0 Å². The van der Waals surface area contributed by atoms with Gasteiger partial charge in [-0.25, -0.2) is 4.79 Å². The van der Waals surface area contributed by atoms with Crippen LogP contribution in [-0.4, -0.2) is 84.6 Å². The molecule has 3 fully saturated rings. The number of hydrogen-bond acceptors (Lipinski definition) is 9. The highest BCUT2D eigenvalue weighted by Gasteiger charge is 2.83. The SMILES string of the molecule is C=C(C)[C@]1(O)C[C@@H](C)[C@@]2(O)[C@H]([C@H]1OC(=O)/C=C/C=C/CCCCCCCCC)[C@@H]1O[C@]1(CO)[C@@H](O)[C@]1(O)C(=O)C(C)=C[C@H]12. The topological polar surface area (TPSA) is 157 Å². The molecule has 0 aromatic rings. The maximum Gasteiger partial charge on any atom is 0.331 e. The van der Waals surface area contributed by atoms with Crippen LogP contribution in [0.15, 0.2) is 48.1 Å². The Morgan fingerprint density at radius 3 is 2.42 bits per heavy atom. The van der Waals surface area contributed by atoms with Gasteiger partial charge in [-0.15, -0.1) is 0 Å². The summed E-state index contributed by atoms with van der Waals surface area (Å²) in [6.45, 7) is 10.1. The standard InChI is InChI=1S/C34H50O9/c1-6-7-8-9-10-11-12-13-14-15-16-17-25(36)42-28-26-29-32(20-35,43-29)30(38)34(41)24(18-22(4)27(34)37)33(26,40)23(5)19-31(28,39)21(2)3/h14-18,23-24,26,28-30,35,38-41H,2,6-13,19-20H2,1,3-5H3/b15-14+,17-16+/t23-,24+,26-,28-,29+,30-,31-,32+,33+,34-/m1/s1. The Balaban J connectivity index is 1.57. The van der Waals surface area contributed by atoms with E-state index >= 15 is 0 Å². The zero-order chi connectivity index (χ0) is 31.8. The molecule has 0 aromatic heterocycles. The summed E-state index contributed by atoms with van der Waals surface area (Å²) in [5, 5.41) is 58.0. The van der Waals surface area contributed by atoms with E-state index in [0.29, 0.717) is 5.57 Å². The van der Waals surface area contributed by atoms with Crippen LogP contribution in [0.4, 0.5) is 0 Å². The third kappa shape index (κ3) is 5.51. The van der Waals surface area contributed by atoms with Crippen molar-refractivity contribution in [3.05, 3.63) is 48.1 Å². The number of ketones is 1. The number of fused-ring (bicyclic) bond motifs is 5. The number of aliphatic hydroxyl groups excluding tert-OH is 2. The highest BCUT2D eigenvalue weighted by atomic mass is 16.6. The quantitative estimate of drug-likeness (QED) is 0.0533. The molecule has 5 N–H and O–H groups in total. The molecule has 1 heterocycles. The van der Waals surface area contributed by atoms with Gasteiger partial charge in [-0.2, -0.15) is 0 Å². The molecule has 0 aromatic carbocycles. The third-order valence-corrected chi connectivity index (χ3v) is 10.5. The average molecular weight is 603 g/mol. The molecule has 3 aliphatic carbocycles. The second-order valence-corrected chi connectivity index (χ2v) is 13.3. The van der Waals surface area contributed by atoms with Gasteiger partial charge in [-0.1, -0.05) is 83.3 Å². The molecule has 10 atom stereocenters. The summed E-state index contributed by atoms with van der Waals surface area (Å²) in [5.74, 6) is -4.83. The van der Waals surface area contributed by atoms with Gasteiger partial charge in [0.15, 0.2) is 11.4 Å². The van der Waals surface area contributed by atoms with Crippen molar-refractivity contribution in [3.8, 4) is 0 Å². The Kier molecular flexibility index (Phi) is 9.96. The van der Waals surface area contributed by atoms with E-state index in [0.717, 1.165) is 19.3 Å². The van der Waals surface area contributed by atoms with Crippen LogP contribution >= 0.6 is 0 Å². The van der Waals surface area contributed by atoms with Crippen molar-refractivity contribution in [2.45, 2.75) is 126 Å². The van der Waals surface area contributed by atoms with Crippen LogP contribution in [0, 0.1) is 17.8 Å². The van der Waals surface area contributed by atoms with Gasteiger partial charge >= 0.3 is 5.97 Å². The minimum absolute atomic E-state index is 0.0993. The van der Waals surface area contributed by atoms with E-state index in [2.05, 4.69) is 13.5 Å². The number of epoxide rings is 1. The Labute approximate surface area is 255 Å². The van der Waals surface area contributed by atoms with Crippen molar-refractivity contribution >= 4 is 11.8 Å². The first-order chi connectivity index (χ1) is 20.3. The fraction of sp³-hybridized carbons (Fsp3) is 0.706. The van der Waals surface area contributed by atoms with E-state index in [4.69, 9.17) is 9.47 Å². The number of unbranched alkanes of at least 4 members (excludes halogenated alkanes) is 7. The molecule has 1 saturated heterocycles. The van der Waals surface area contributed by atoms with Crippen LogP contribution in [0.2, 0.25) is 0 Å². The van der Waals surface area contributed by atoms with Gasteiger partial charge in [0.1, 0.15) is 29.5 Å². The van der Waals surface area contributed by atoms with E-state index < -0.39 is 76.8 Å². The molecule has 9 heteroatoms. The van der Waals surface area contributed by atoms with Gasteiger partial charge in [0, 0.05) is 12.0 Å². The summed E-state index contributed by atoms with van der Waals surface area (Å²) in [4.78, 5) is 26.4. The van der Waals surface area contributed by atoms with E-state index in [9.17, 15) is 35.1 Å². The number of rotatable bonds is 13. The van der Waals surface area contributed by atoms with E-state index in [1.54, 1.807) is 26.0 Å². The molecule has 0 bridgehead atoms. The van der Waals surface area contributed by atoms with Crippen molar-refractivity contribution in [3.63, 3.8) is 0 Å². The Bertz CT molecular complexity index is 1170. The second kappa shape index (κ2) is 12.7. The lowest BCUT2D eigenvalue weighted by Crippen LogP contribution is -2.71. The monoisotopic (exact) mass is 602 g/mol. The molecular weight excluding hydrogens is 552 g/mol. The largest absolute Gasteiger partial charge is 0.455 e. The van der Waals surface area contributed by atoms with Crippen molar-refractivity contribution in [2.75, 3.05) is 6.61 Å². The van der Waals surface area contributed by atoms with Crippen LogP contribution in [0.3, 0.4) is 0 Å². The minimum Gasteiger partial charge on any atom is -0.455 e. The lowest BCUT2D eigenvalue weighted by molar-refractivity contribution is -0.252. The zero-order valence-corrected chi connectivity index (χ0v) is 26.0. The first kappa shape index (κ1) is 33.7. The molecule has 0 amide bonds. The first-order valence-corrected chi connectivity index (χ1v) is 15.8. The predicted molar refractivity (Wildman–Crippen MR) is 161 cm³/mol. The molecule has 4 rings (SSSR count). The Morgan fingerprint density at radius 1 is 1.14 bits per heavy atom. The van der Waals surface area contributed by atoms with Crippen molar-refractivity contribution in [2.24, 2.45) is 17.8 Å². The summed E-state index contributed by atoms with van der Waals surface area (Å²) in [6.07, 6.45) is 12.8. The van der Waals surface area contributed by atoms with E-state index in [1.807, 2.05) is 6.08 Å². The summed E-state index contributed by atoms with van der Waals surface area (Å²) in [5.41, 5.74) is -7.60. The van der Waals surface area contributed by atoms with Gasteiger partial charge in [-0.3, -0.25) is 4.79 Å². The van der Waals surface area contributed by atoms with E-state index in [1.165, 1.54) is 51.2 Å². The van der Waals surface area contributed by atoms with Gasteiger partial charge in [-0.05, 0) is 50.2 Å². The van der Waals surface area contributed by atoms with Crippen LogP contribution in [0.25, 0.3) is 0 Å². The maximum atomic E-state index is 13.3.